The Balaban J connectivity index is 1.78. The molecule has 0 aliphatic rings. The van der Waals surface area contributed by atoms with Crippen LogP contribution in [0, 0.1) is 0 Å². The van der Waals surface area contributed by atoms with Crippen LogP contribution in [0.15, 0.2) is 53.7 Å². The van der Waals surface area contributed by atoms with Crippen molar-refractivity contribution >= 4 is 34.5 Å². The molecule has 0 aliphatic heterocycles. The first kappa shape index (κ1) is 19.0. The zero-order valence-corrected chi connectivity index (χ0v) is 16.1. The van der Waals surface area contributed by atoms with Gasteiger partial charge in [0.1, 0.15) is 11.6 Å². The van der Waals surface area contributed by atoms with Crippen molar-refractivity contribution in [3.63, 3.8) is 0 Å². The molecule has 0 saturated heterocycles. The van der Waals surface area contributed by atoms with Crippen LogP contribution in [0.1, 0.15) is 12.5 Å². The highest BCUT2D eigenvalue weighted by Gasteiger charge is 2.10. The van der Waals surface area contributed by atoms with E-state index >= 15 is 0 Å². The second-order valence-corrected chi connectivity index (χ2v) is 6.61. The van der Waals surface area contributed by atoms with Crippen molar-refractivity contribution in [3.8, 4) is 5.75 Å². The molecule has 0 aliphatic carbocycles. The third kappa shape index (κ3) is 5.10. The molecule has 2 aromatic carbocycles. The van der Waals surface area contributed by atoms with Gasteiger partial charge in [0, 0.05) is 11.9 Å². The number of para-hydroxylation sites is 1. The predicted molar refractivity (Wildman–Crippen MR) is 107 cm³/mol. The summed E-state index contributed by atoms with van der Waals surface area (Å²) in [7, 11) is 1.65. The number of hydrogen-bond acceptors (Lipinski definition) is 7. The topological polar surface area (TPSA) is 73.3 Å². The molecule has 0 spiro atoms. The van der Waals surface area contributed by atoms with Crippen LogP contribution in [-0.2, 0) is 16.1 Å². The summed E-state index contributed by atoms with van der Waals surface area (Å²) in [5, 5.41) is 4.85. The lowest BCUT2D eigenvalue weighted by Crippen LogP contribution is -2.08. The van der Waals surface area contributed by atoms with Gasteiger partial charge in [-0.25, -0.2) is 9.97 Å². The van der Waals surface area contributed by atoms with Crippen molar-refractivity contribution in [2.45, 2.75) is 18.6 Å². The van der Waals surface area contributed by atoms with Gasteiger partial charge < -0.3 is 14.8 Å². The van der Waals surface area contributed by atoms with Gasteiger partial charge in [-0.15, -0.1) is 0 Å². The maximum atomic E-state index is 11.6. The van der Waals surface area contributed by atoms with E-state index in [0.29, 0.717) is 18.3 Å². The van der Waals surface area contributed by atoms with Crippen LogP contribution in [0.25, 0.3) is 10.9 Å². The highest BCUT2D eigenvalue weighted by atomic mass is 32.2. The minimum Gasteiger partial charge on any atom is -0.497 e. The summed E-state index contributed by atoms with van der Waals surface area (Å²) in [6.45, 7) is 2.77. The van der Waals surface area contributed by atoms with E-state index in [1.54, 1.807) is 14.0 Å². The van der Waals surface area contributed by atoms with Crippen LogP contribution in [0.2, 0.25) is 0 Å². The number of thioether (sulfide) groups is 1. The lowest BCUT2D eigenvalue weighted by molar-refractivity contribution is -0.139. The molecule has 0 unspecified atom stereocenters. The summed E-state index contributed by atoms with van der Waals surface area (Å²) in [5.41, 5.74) is 1.94. The molecule has 0 saturated carbocycles. The predicted octanol–water partition coefficient (Wildman–Crippen LogP) is 3.91. The molecule has 0 radical (unpaired) electrons. The number of fused-ring (bicyclic) bond motifs is 1. The smallest absolute Gasteiger partial charge is 0.316 e. The Hall–Kier alpha value is -2.80. The Morgan fingerprint density at radius 2 is 1.89 bits per heavy atom. The van der Waals surface area contributed by atoms with Gasteiger partial charge in [0.25, 0.3) is 0 Å². The van der Waals surface area contributed by atoms with Gasteiger partial charge in [-0.05, 0) is 36.8 Å². The van der Waals surface area contributed by atoms with E-state index in [1.165, 1.54) is 11.8 Å². The first-order valence-electron chi connectivity index (χ1n) is 8.61. The van der Waals surface area contributed by atoms with Crippen molar-refractivity contribution in [1.82, 2.24) is 9.97 Å². The maximum absolute atomic E-state index is 11.6. The number of rotatable bonds is 8. The van der Waals surface area contributed by atoms with Crippen molar-refractivity contribution < 1.29 is 14.3 Å². The third-order valence-electron chi connectivity index (χ3n) is 3.83. The molecule has 3 aromatic rings. The van der Waals surface area contributed by atoms with Crippen molar-refractivity contribution in [3.05, 3.63) is 54.1 Å². The van der Waals surface area contributed by atoms with Gasteiger partial charge >= 0.3 is 5.97 Å². The van der Waals surface area contributed by atoms with Crippen LogP contribution in [0.3, 0.4) is 0 Å². The Labute approximate surface area is 162 Å². The normalized spacial score (nSPS) is 10.6. The third-order valence-corrected chi connectivity index (χ3v) is 4.65. The number of nitrogens with zero attached hydrogens (tertiary/aromatic N) is 2. The monoisotopic (exact) mass is 383 g/mol. The van der Waals surface area contributed by atoms with E-state index < -0.39 is 0 Å². The number of ether oxygens (including phenoxy) is 2. The lowest BCUT2D eigenvalue weighted by atomic mass is 10.2. The Morgan fingerprint density at radius 3 is 2.63 bits per heavy atom. The average Bonchev–Trinajstić information content (AvgIpc) is 2.71. The molecule has 7 heteroatoms. The van der Waals surface area contributed by atoms with Gasteiger partial charge in [-0.1, -0.05) is 36.0 Å². The van der Waals surface area contributed by atoms with Crippen LogP contribution in [0.4, 0.5) is 5.82 Å². The average molecular weight is 383 g/mol. The second-order valence-electron chi connectivity index (χ2n) is 5.67. The molecule has 1 heterocycles. The van der Waals surface area contributed by atoms with Gasteiger partial charge in [-0.3, -0.25) is 4.79 Å². The van der Waals surface area contributed by atoms with Crippen molar-refractivity contribution in [2.24, 2.45) is 0 Å². The number of anilines is 1. The highest BCUT2D eigenvalue weighted by molar-refractivity contribution is 7.99. The van der Waals surface area contributed by atoms with Gasteiger partial charge in [0.05, 0.1) is 25.0 Å². The number of carbonyl (C=O) groups is 1. The van der Waals surface area contributed by atoms with E-state index in [9.17, 15) is 4.79 Å². The molecular weight excluding hydrogens is 362 g/mol. The summed E-state index contributed by atoms with van der Waals surface area (Å²) in [6.07, 6.45) is 0. The number of benzene rings is 2. The Morgan fingerprint density at radius 1 is 1.11 bits per heavy atom. The first-order chi connectivity index (χ1) is 13.2. The zero-order chi connectivity index (χ0) is 19.1. The Kier molecular flexibility index (Phi) is 6.49. The van der Waals surface area contributed by atoms with E-state index in [2.05, 4.69) is 15.3 Å². The largest absolute Gasteiger partial charge is 0.497 e. The highest BCUT2D eigenvalue weighted by Crippen LogP contribution is 2.25. The van der Waals surface area contributed by atoms with Crippen LogP contribution < -0.4 is 10.1 Å². The summed E-state index contributed by atoms with van der Waals surface area (Å²) in [5.74, 6) is 1.48. The summed E-state index contributed by atoms with van der Waals surface area (Å²) >= 11 is 1.27. The molecule has 1 N–H and O–H groups in total. The number of aromatic nitrogens is 2. The molecule has 0 fully saturated rings. The fourth-order valence-electron chi connectivity index (χ4n) is 2.51. The molecule has 1 aromatic heterocycles. The second kappa shape index (κ2) is 9.23. The SMILES string of the molecule is CCOC(=O)CSc1nc(NCc2ccc(OC)cc2)c2ccccc2n1. The fraction of sp³-hybridized carbons (Fsp3) is 0.250. The van der Waals surface area contributed by atoms with Crippen LogP contribution in [-0.4, -0.2) is 35.4 Å². The molecule has 0 amide bonds. The summed E-state index contributed by atoms with van der Waals surface area (Å²) in [6, 6.07) is 15.7. The van der Waals surface area contributed by atoms with Gasteiger partial charge in [0.15, 0.2) is 5.16 Å². The quantitative estimate of drug-likeness (QED) is 0.359. The maximum Gasteiger partial charge on any atom is 0.316 e. The fourth-order valence-corrected chi connectivity index (χ4v) is 3.16. The number of nitrogens with one attached hydrogen (secondary N) is 1. The van der Waals surface area contributed by atoms with E-state index in [4.69, 9.17) is 9.47 Å². The van der Waals surface area contributed by atoms with Crippen LogP contribution in [0.5, 0.6) is 5.75 Å². The van der Waals surface area contributed by atoms with Crippen LogP contribution >= 0.6 is 11.8 Å². The minimum absolute atomic E-state index is 0.185. The number of hydrogen-bond donors (Lipinski definition) is 1. The number of methoxy groups -OCH3 is 1. The number of carbonyl (C=O) groups excluding carboxylic acids is 1. The molecule has 6 nitrogen and oxygen atoms in total. The zero-order valence-electron chi connectivity index (χ0n) is 15.3. The molecule has 0 bridgehead atoms. The summed E-state index contributed by atoms with van der Waals surface area (Å²) in [4.78, 5) is 20.7. The molecule has 27 heavy (non-hydrogen) atoms. The number of esters is 1. The molecular formula is C20H21N3O3S. The summed E-state index contributed by atoms with van der Waals surface area (Å²) < 4.78 is 10.2. The van der Waals surface area contributed by atoms with Gasteiger partial charge in [-0.2, -0.15) is 0 Å². The first-order valence-corrected chi connectivity index (χ1v) is 9.60. The minimum atomic E-state index is -0.271. The lowest BCUT2D eigenvalue weighted by Gasteiger charge is -2.11. The van der Waals surface area contributed by atoms with E-state index in [0.717, 1.165) is 28.0 Å². The molecule has 140 valence electrons. The Bertz CT molecular complexity index is 916. The van der Waals surface area contributed by atoms with E-state index in [1.807, 2.05) is 48.5 Å². The standard InChI is InChI=1S/C20H21N3O3S/c1-3-26-18(24)13-27-20-22-17-7-5-4-6-16(17)19(23-20)21-12-14-8-10-15(25-2)11-9-14/h4-11H,3,12-13H2,1-2H3,(H,21,22,23). The van der Waals surface area contributed by atoms with Gasteiger partial charge in [0.2, 0.25) is 0 Å². The van der Waals surface area contributed by atoms with Crippen molar-refractivity contribution in [1.29, 1.82) is 0 Å². The van der Waals surface area contributed by atoms with E-state index in [-0.39, 0.29) is 11.7 Å². The molecule has 0 atom stereocenters. The van der Waals surface area contributed by atoms with Crippen molar-refractivity contribution in [2.75, 3.05) is 24.8 Å². The molecule has 3 rings (SSSR count).